The average Bonchev–Trinajstić information content (AvgIpc) is 2.17. The van der Waals surface area contributed by atoms with E-state index in [0.717, 1.165) is 5.56 Å². The summed E-state index contributed by atoms with van der Waals surface area (Å²) in [5, 5.41) is 11.9. The number of ether oxygens (including phenoxy) is 1. The van der Waals surface area contributed by atoms with Gasteiger partial charge in [-0.25, -0.2) is 4.79 Å². The molecule has 0 atom stereocenters. The predicted octanol–water partition coefficient (Wildman–Crippen LogP) is 3.17. The van der Waals surface area contributed by atoms with Gasteiger partial charge in [0.25, 0.3) is 0 Å². The number of carbonyl (C=O) groups excluding carboxylic acids is 1. The van der Waals surface area contributed by atoms with Gasteiger partial charge in [0.05, 0.1) is 0 Å². The molecule has 0 aliphatic heterocycles. The van der Waals surface area contributed by atoms with E-state index < -0.39 is 11.7 Å². The van der Waals surface area contributed by atoms with E-state index in [1.165, 1.54) is 6.07 Å². The van der Waals surface area contributed by atoms with E-state index in [0.29, 0.717) is 11.4 Å². The number of thiol groups is 1. The highest BCUT2D eigenvalue weighted by atomic mass is 32.1. The third kappa shape index (κ3) is 4.56. The van der Waals surface area contributed by atoms with Crippen molar-refractivity contribution in [2.45, 2.75) is 32.1 Å². The van der Waals surface area contributed by atoms with Crippen LogP contribution in [0.2, 0.25) is 0 Å². The van der Waals surface area contributed by atoms with E-state index in [1.807, 2.05) is 0 Å². The van der Waals surface area contributed by atoms with Gasteiger partial charge in [0, 0.05) is 11.4 Å². The van der Waals surface area contributed by atoms with Gasteiger partial charge >= 0.3 is 6.09 Å². The second-order valence-electron chi connectivity index (χ2n) is 4.63. The van der Waals surface area contributed by atoms with E-state index >= 15 is 0 Å². The molecule has 0 heterocycles. The largest absolute Gasteiger partial charge is 0.508 e. The summed E-state index contributed by atoms with van der Waals surface area (Å²) in [6, 6.07) is 4.67. The van der Waals surface area contributed by atoms with E-state index in [9.17, 15) is 9.90 Å². The summed E-state index contributed by atoms with van der Waals surface area (Å²) in [4.78, 5) is 11.6. The molecular weight excluding hydrogens is 238 g/mol. The van der Waals surface area contributed by atoms with Crippen LogP contribution >= 0.6 is 12.6 Å². The Morgan fingerprint density at radius 2 is 2.12 bits per heavy atom. The zero-order valence-electron chi connectivity index (χ0n) is 10.2. The van der Waals surface area contributed by atoms with Crippen LogP contribution in [0.1, 0.15) is 26.3 Å². The quantitative estimate of drug-likeness (QED) is 0.562. The Morgan fingerprint density at radius 3 is 2.65 bits per heavy atom. The number of hydrogen-bond acceptors (Lipinski definition) is 4. The first-order chi connectivity index (χ1) is 7.81. The van der Waals surface area contributed by atoms with E-state index in [4.69, 9.17) is 4.74 Å². The molecule has 0 aliphatic carbocycles. The Balaban J connectivity index is 2.78. The van der Waals surface area contributed by atoms with Gasteiger partial charge in [0.1, 0.15) is 11.4 Å². The zero-order valence-corrected chi connectivity index (χ0v) is 11.0. The Labute approximate surface area is 106 Å². The molecule has 0 radical (unpaired) electrons. The molecule has 0 saturated carbocycles. The fraction of sp³-hybridized carbons (Fsp3) is 0.417. The molecular formula is C12H17NO3S. The van der Waals surface area contributed by atoms with Crippen LogP contribution in [0.3, 0.4) is 0 Å². The lowest BCUT2D eigenvalue weighted by atomic mass is 10.2. The van der Waals surface area contributed by atoms with Crippen LogP contribution in [0.15, 0.2) is 18.2 Å². The van der Waals surface area contributed by atoms with Crippen molar-refractivity contribution in [3.8, 4) is 5.75 Å². The molecule has 0 aromatic heterocycles. The van der Waals surface area contributed by atoms with Gasteiger partial charge in [-0.1, -0.05) is 0 Å². The summed E-state index contributed by atoms with van der Waals surface area (Å²) in [6.45, 7) is 5.38. The van der Waals surface area contributed by atoms with E-state index in [1.54, 1.807) is 32.9 Å². The van der Waals surface area contributed by atoms with Crippen LogP contribution in [0, 0.1) is 0 Å². The molecule has 1 amide bonds. The summed E-state index contributed by atoms with van der Waals surface area (Å²) in [5.41, 5.74) is 0.786. The maximum atomic E-state index is 11.6. The summed E-state index contributed by atoms with van der Waals surface area (Å²) < 4.78 is 5.13. The molecule has 0 fully saturated rings. The van der Waals surface area contributed by atoms with Crippen molar-refractivity contribution in [2.75, 3.05) is 5.32 Å². The topological polar surface area (TPSA) is 58.6 Å². The van der Waals surface area contributed by atoms with Crippen LogP contribution in [-0.4, -0.2) is 16.8 Å². The molecule has 2 N–H and O–H groups in total. The minimum Gasteiger partial charge on any atom is -0.508 e. The summed E-state index contributed by atoms with van der Waals surface area (Å²) in [6.07, 6.45) is -0.522. The molecule has 1 rings (SSSR count). The molecule has 0 spiro atoms. The molecule has 0 saturated heterocycles. The molecule has 0 aliphatic rings. The van der Waals surface area contributed by atoms with Crippen LogP contribution in [0.4, 0.5) is 10.5 Å². The van der Waals surface area contributed by atoms with E-state index in [2.05, 4.69) is 17.9 Å². The van der Waals surface area contributed by atoms with Crippen LogP contribution in [0.5, 0.6) is 5.75 Å². The minimum atomic E-state index is -0.540. The predicted molar refractivity (Wildman–Crippen MR) is 70.7 cm³/mol. The van der Waals surface area contributed by atoms with Gasteiger partial charge in [-0.05, 0) is 44.5 Å². The minimum absolute atomic E-state index is 0.142. The van der Waals surface area contributed by atoms with Crippen molar-refractivity contribution >= 4 is 24.4 Å². The maximum Gasteiger partial charge on any atom is 0.412 e. The van der Waals surface area contributed by atoms with Gasteiger partial charge < -0.3 is 9.84 Å². The highest BCUT2D eigenvalue weighted by Gasteiger charge is 2.17. The first-order valence-corrected chi connectivity index (χ1v) is 5.88. The summed E-state index contributed by atoms with van der Waals surface area (Å²) in [5.74, 6) is 0.559. The SMILES string of the molecule is CC(C)(C)OC(=O)Nc1ccc(O)cc1CS. The van der Waals surface area contributed by atoms with Crippen molar-refractivity contribution in [2.24, 2.45) is 0 Å². The van der Waals surface area contributed by atoms with Crippen molar-refractivity contribution in [1.29, 1.82) is 0 Å². The standard InChI is InChI=1S/C12H17NO3S/c1-12(2,3)16-11(15)13-10-5-4-9(14)6-8(10)7-17/h4-6,14,17H,7H2,1-3H3,(H,13,15). The Bertz CT molecular complexity index is 413. The number of rotatable bonds is 2. The van der Waals surface area contributed by atoms with Gasteiger partial charge in [0.2, 0.25) is 0 Å². The number of phenolic OH excluding ortho intramolecular Hbond substituents is 1. The van der Waals surface area contributed by atoms with Gasteiger partial charge in [-0.3, -0.25) is 5.32 Å². The second kappa shape index (κ2) is 5.31. The Morgan fingerprint density at radius 1 is 1.47 bits per heavy atom. The average molecular weight is 255 g/mol. The summed E-state index contributed by atoms with van der Waals surface area (Å²) >= 11 is 4.13. The third-order valence-corrected chi connectivity index (χ3v) is 2.24. The van der Waals surface area contributed by atoms with Crippen LogP contribution < -0.4 is 5.32 Å². The second-order valence-corrected chi connectivity index (χ2v) is 4.94. The molecule has 17 heavy (non-hydrogen) atoms. The fourth-order valence-electron chi connectivity index (χ4n) is 1.25. The number of phenols is 1. The van der Waals surface area contributed by atoms with Crippen molar-refractivity contribution < 1.29 is 14.6 Å². The van der Waals surface area contributed by atoms with Gasteiger partial charge in [0.15, 0.2) is 0 Å². The highest BCUT2D eigenvalue weighted by molar-refractivity contribution is 7.79. The third-order valence-electron chi connectivity index (χ3n) is 1.89. The lowest BCUT2D eigenvalue weighted by Crippen LogP contribution is -2.27. The first-order valence-electron chi connectivity index (χ1n) is 5.24. The van der Waals surface area contributed by atoms with Crippen LogP contribution in [-0.2, 0) is 10.5 Å². The van der Waals surface area contributed by atoms with Crippen LogP contribution in [0.25, 0.3) is 0 Å². The van der Waals surface area contributed by atoms with Crippen molar-refractivity contribution in [3.05, 3.63) is 23.8 Å². The molecule has 1 aromatic rings. The zero-order chi connectivity index (χ0) is 13.1. The smallest absolute Gasteiger partial charge is 0.412 e. The molecule has 94 valence electrons. The number of hydrogen-bond donors (Lipinski definition) is 3. The normalized spacial score (nSPS) is 11.1. The molecule has 0 bridgehead atoms. The van der Waals surface area contributed by atoms with Crippen molar-refractivity contribution in [1.82, 2.24) is 0 Å². The summed E-state index contributed by atoms with van der Waals surface area (Å²) in [7, 11) is 0. The number of amides is 1. The Hall–Kier alpha value is -1.36. The maximum absolute atomic E-state index is 11.6. The van der Waals surface area contributed by atoms with Crippen molar-refractivity contribution in [3.63, 3.8) is 0 Å². The first kappa shape index (κ1) is 13.7. The molecule has 4 nitrogen and oxygen atoms in total. The molecule has 0 unspecified atom stereocenters. The van der Waals surface area contributed by atoms with Gasteiger partial charge in [-0.2, -0.15) is 12.6 Å². The molecule has 1 aromatic carbocycles. The monoisotopic (exact) mass is 255 g/mol. The Kier molecular flexibility index (Phi) is 4.28. The number of aromatic hydroxyl groups is 1. The molecule has 5 heteroatoms. The lowest BCUT2D eigenvalue weighted by Gasteiger charge is -2.20. The number of carbonyl (C=O) groups is 1. The van der Waals surface area contributed by atoms with E-state index in [-0.39, 0.29) is 5.75 Å². The number of anilines is 1. The number of benzene rings is 1. The highest BCUT2D eigenvalue weighted by Crippen LogP contribution is 2.23. The fourth-order valence-corrected chi connectivity index (χ4v) is 1.51. The lowest BCUT2D eigenvalue weighted by molar-refractivity contribution is 0.0636. The number of nitrogens with one attached hydrogen (secondary N) is 1. The van der Waals surface area contributed by atoms with Gasteiger partial charge in [-0.15, -0.1) is 0 Å².